The molecule has 0 aliphatic carbocycles. The SMILES string of the molecule is COC(=O)c1cccc(-n2cnc3cc(OC)c(OC)cc3c2=O)c1. The van der Waals surface area contributed by atoms with Crippen molar-refractivity contribution in [2.45, 2.75) is 0 Å². The van der Waals surface area contributed by atoms with Crippen LogP contribution >= 0.6 is 0 Å². The minimum Gasteiger partial charge on any atom is -0.493 e. The third-order valence-corrected chi connectivity index (χ3v) is 3.81. The second kappa shape index (κ2) is 6.64. The molecule has 0 N–H and O–H groups in total. The van der Waals surface area contributed by atoms with Gasteiger partial charge in [0, 0.05) is 6.07 Å². The number of carbonyl (C=O) groups excluding carboxylic acids is 1. The lowest BCUT2D eigenvalue weighted by Gasteiger charge is -2.11. The first-order valence-corrected chi connectivity index (χ1v) is 7.41. The highest BCUT2D eigenvalue weighted by atomic mass is 16.5. The van der Waals surface area contributed by atoms with Crippen LogP contribution in [0.2, 0.25) is 0 Å². The number of methoxy groups -OCH3 is 3. The zero-order chi connectivity index (χ0) is 18.0. The molecule has 0 atom stereocenters. The Balaban J connectivity index is 2.20. The number of ether oxygens (including phenoxy) is 3. The van der Waals surface area contributed by atoms with Crippen molar-refractivity contribution in [3.05, 3.63) is 58.6 Å². The highest BCUT2D eigenvalue weighted by molar-refractivity contribution is 5.90. The van der Waals surface area contributed by atoms with Gasteiger partial charge in [0.2, 0.25) is 0 Å². The van der Waals surface area contributed by atoms with Crippen LogP contribution in [0.4, 0.5) is 0 Å². The summed E-state index contributed by atoms with van der Waals surface area (Å²) in [6, 6.07) is 9.80. The molecule has 7 heteroatoms. The molecule has 0 aliphatic rings. The van der Waals surface area contributed by atoms with Gasteiger partial charge in [0.15, 0.2) is 11.5 Å². The van der Waals surface area contributed by atoms with E-state index in [1.54, 1.807) is 36.4 Å². The van der Waals surface area contributed by atoms with Gasteiger partial charge in [-0.15, -0.1) is 0 Å². The summed E-state index contributed by atoms with van der Waals surface area (Å²) < 4.78 is 16.5. The molecular weight excluding hydrogens is 324 g/mol. The fourth-order valence-corrected chi connectivity index (χ4v) is 2.53. The second-order valence-corrected chi connectivity index (χ2v) is 5.19. The minimum atomic E-state index is -0.477. The summed E-state index contributed by atoms with van der Waals surface area (Å²) in [5, 5.41) is 0.378. The van der Waals surface area contributed by atoms with E-state index in [1.165, 1.54) is 32.2 Å². The summed E-state index contributed by atoms with van der Waals surface area (Å²) in [6.07, 6.45) is 1.41. The van der Waals surface area contributed by atoms with Crippen LogP contribution in [-0.2, 0) is 4.74 Å². The Morgan fingerprint density at radius 2 is 1.76 bits per heavy atom. The van der Waals surface area contributed by atoms with Crippen molar-refractivity contribution in [2.24, 2.45) is 0 Å². The summed E-state index contributed by atoms with van der Waals surface area (Å²) in [5.41, 5.74) is 1.06. The van der Waals surface area contributed by atoms with Gasteiger partial charge in [0.1, 0.15) is 6.33 Å². The lowest BCUT2D eigenvalue weighted by Crippen LogP contribution is -2.19. The summed E-state index contributed by atoms with van der Waals surface area (Å²) in [4.78, 5) is 28.9. The number of hydrogen-bond donors (Lipinski definition) is 0. The molecule has 128 valence electrons. The monoisotopic (exact) mass is 340 g/mol. The van der Waals surface area contributed by atoms with Gasteiger partial charge in [-0.1, -0.05) is 6.07 Å². The largest absolute Gasteiger partial charge is 0.493 e. The van der Waals surface area contributed by atoms with Gasteiger partial charge < -0.3 is 14.2 Å². The van der Waals surface area contributed by atoms with Crippen LogP contribution in [-0.4, -0.2) is 36.8 Å². The Kier molecular flexibility index (Phi) is 4.38. The topological polar surface area (TPSA) is 79.7 Å². The molecule has 0 aliphatic heterocycles. The van der Waals surface area contributed by atoms with E-state index in [2.05, 4.69) is 4.98 Å². The molecule has 0 unspecified atom stereocenters. The number of nitrogens with zero attached hydrogens (tertiary/aromatic N) is 2. The molecule has 0 spiro atoms. The number of fused-ring (bicyclic) bond motifs is 1. The summed E-state index contributed by atoms with van der Waals surface area (Å²) in [7, 11) is 4.32. The van der Waals surface area contributed by atoms with Gasteiger partial charge in [0.25, 0.3) is 5.56 Å². The van der Waals surface area contributed by atoms with Crippen molar-refractivity contribution in [3.63, 3.8) is 0 Å². The van der Waals surface area contributed by atoms with Crippen LogP contribution < -0.4 is 15.0 Å². The third kappa shape index (κ3) is 2.91. The minimum absolute atomic E-state index is 0.284. The highest BCUT2D eigenvalue weighted by Gasteiger charge is 2.13. The Morgan fingerprint density at radius 3 is 2.44 bits per heavy atom. The lowest BCUT2D eigenvalue weighted by atomic mass is 10.2. The number of benzene rings is 2. The number of hydrogen-bond acceptors (Lipinski definition) is 6. The predicted octanol–water partition coefficient (Wildman–Crippen LogP) is 2.19. The van der Waals surface area contributed by atoms with Gasteiger partial charge in [0.05, 0.1) is 43.5 Å². The summed E-state index contributed by atoms with van der Waals surface area (Å²) >= 11 is 0. The van der Waals surface area contributed by atoms with Crippen LogP contribution in [0.1, 0.15) is 10.4 Å². The standard InChI is InChI=1S/C18H16N2O5/c1-23-15-8-13-14(9-16(15)24-2)19-10-20(17(13)21)12-6-4-5-11(7-12)18(22)25-3/h4-10H,1-3H3. The van der Waals surface area contributed by atoms with Crippen LogP contribution in [0, 0.1) is 0 Å². The molecule has 0 amide bonds. The fourth-order valence-electron chi connectivity index (χ4n) is 2.53. The zero-order valence-electron chi connectivity index (χ0n) is 14.0. The van der Waals surface area contributed by atoms with E-state index in [0.717, 1.165) is 0 Å². The third-order valence-electron chi connectivity index (χ3n) is 3.81. The maximum Gasteiger partial charge on any atom is 0.337 e. The van der Waals surface area contributed by atoms with Crippen molar-refractivity contribution in [1.29, 1.82) is 0 Å². The number of esters is 1. The number of rotatable bonds is 4. The second-order valence-electron chi connectivity index (χ2n) is 5.19. The normalized spacial score (nSPS) is 10.5. The molecule has 2 aromatic carbocycles. The van der Waals surface area contributed by atoms with Crippen molar-refractivity contribution < 1.29 is 19.0 Å². The van der Waals surface area contributed by atoms with Crippen molar-refractivity contribution in [1.82, 2.24) is 9.55 Å². The van der Waals surface area contributed by atoms with Gasteiger partial charge >= 0.3 is 5.97 Å². The molecule has 1 aromatic heterocycles. The molecule has 25 heavy (non-hydrogen) atoms. The van der Waals surface area contributed by atoms with Gasteiger partial charge in [-0.25, -0.2) is 9.78 Å². The van der Waals surface area contributed by atoms with E-state index in [4.69, 9.17) is 14.2 Å². The van der Waals surface area contributed by atoms with Crippen molar-refractivity contribution >= 4 is 16.9 Å². The molecule has 0 saturated heterocycles. The first-order valence-electron chi connectivity index (χ1n) is 7.41. The quantitative estimate of drug-likeness (QED) is 0.677. The van der Waals surface area contributed by atoms with Crippen LogP contribution in [0.15, 0.2) is 47.5 Å². The fraction of sp³-hybridized carbons (Fsp3) is 0.167. The average Bonchev–Trinajstić information content (AvgIpc) is 2.66. The van der Waals surface area contributed by atoms with Crippen molar-refractivity contribution in [3.8, 4) is 17.2 Å². The van der Waals surface area contributed by atoms with Crippen LogP contribution in [0.5, 0.6) is 11.5 Å². The van der Waals surface area contributed by atoms with Crippen molar-refractivity contribution in [2.75, 3.05) is 21.3 Å². The van der Waals surface area contributed by atoms with Crippen LogP contribution in [0.3, 0.4) is 0 Å². The molecule has 0 saturated carbocycles. The first kappa shape index (κ1) is 16.5. The predicted molar refractivity (Wildman–Crippen MR) is 91.8 cm³/mol. The lowest BCUT2D eigenvalue weighted by molar-refractivity contribution is 0.0600. The maximum atomic E-state index is 12.9. The first-order chi connectivity index (χ1) is 12.1. The van der Waals surface area contributed by atoms with Gasteiger partial charge in [-0.2, -0.15) is 0 Å². The molecule has 0 radical (unpaired) electrons. The van der Waals surface area contributed by atoms with Gasteiger partial charge in [-0.3, -0.25) is 9.36 Å². The Bertz CT molecular complexity index is 1010. The number of aromatic nitrogens is 2. The van der Waals surface area contributed by atoms with E-state index in [9.17, 15) is 9.59 Å². The highest BCUT2D eigenvalue weighted by Crippen LogP contribution is 2.30. The molecular formula is C18H16N2O5. The van der Waals surface area contributed by atoms with E-state index < -0.39 is 5.97 Å². The molecule has 3 rings (SSSR count). The maximum absolute atomic E-state index is 12.9. The Morgan fingerprint density at radius 1 is 1.04 bits per heavy atom. The molecule has 3 aromatic rings. The van der Waals surface area contributed by atoms with E-state index in [-0.39, 0.29) is 5.56 Å². The van der Waals surface area contributed by atoms with Gasteiger partial charge in [-0.05, 0) is 24.3 Å². The van der Waals surface area contributed by atoms with E-state index >= 15 is 0 Å². The summed E-state index contributed by atoms with van der Waals surface area (Å²) in [5.74, 6) is 0.456. The molecule has 0 bridgehead atoms. The molecule has 7 nitrogen and oxygen atoms in total. The Hall–Kier alpha value is -3.35. The molecule has 1 heterocycles. The zero-order valence-corrected chi connectivity index (χ0v) is 14.0. The van der Waals surface area contributed by atoms with E-state index in [1.807, 2.05) is 0 Å². The van der Waals surface area contributed by atoms with Crippen LogP contribution in [0.25, 0.3) is 16.6 Å². The smallest absolute Gasteiger partial charge is 0.337 e. The van der Waals surface area contributed by atoms with E-state index in [0.29, 0.717) is 33.7 Å². The summed E-state index contributed by atoms with van der Waals surface area (Å²) in [6.45, 7) is 0. The number of carbonyl (C=O) groups is 1. The molecule has 0 fully saturated rings. The average molecular weight is 340 g/mol. The Labute approximate surface area is 143 Å².